The highest BCUT2D eigenvalue weighted by molar-refractivity contribution is 5.83. The van der Waals surface area contributed by atoms with Crippen molar-refractivity contribution in [3.63, 3.8) is 0 Å². The molecule has 3 aromatic carbocycles. The average Bonchev–Trinajstić information content (AvgIpc) is 2.82. The number of hydrogen-bond donors (Lipinski definition) is 1. The van der Waals surface area contributed by atoms with Crippen LogP contribution in [0.4, 0.5) is 4.79 Å². The Morgan fingerprint density at radius 2 is 1.54 bits per heavy atom. The van der Waals surface area contributed by atoms with Gasteiger partial charge in [0.05, 0.1) is 19.3 Å². The van der Waals surface area contributed by atoms with Crippen LogP contribution in [-0.4, -0.2) is 37.4 Å². The zero-order valence-corrected chi connectivity index (χ0v) is 21.0. The van der Waals surface area contributed by atoms with Gasteiger partial charge in [0.2, 0.25) is 0 Å². The molecule has 0 fully saturated rings. The van der Waals surface area contributed by atoms with Crippen LogP contribution in [0.5, 0.6) is 0 Å². The molecule has 0 bridgehead atoms. The molecule has 0 spiro atoms. The molecule has 35 heavy (non-hydrogen) atoms. The molecule has 0 aliphatic heterocycles. The molecule has 1 N–H and O–H groups in total. The number of amides is 1. The van der Waals surface area contributed by atoms with Crippen molar-refractivity contribution in [2.45, 2.75) is 51.7 Å². The van der Waals surface area contributed by atoms with Crippen molar-refractivity contribution in [3.8, 4) is 0 Å². The molecule has 0 saturated carbocycles. The van der Waals surface area contributed by atoms with Crippen molar-refractivity contribution in [2.24, 2.45) is 0 Å². The quantitative estimate of drug-likeness (QED) is 0.354. The lowest BCUT2D eigenvalue weighted by Crippen LogP contribution is -2.41. The molecule has 0 radical (unpaired) electrons. The summed E-state index contributed by atoms with van der Waals surface area (Å²) >= 11 is 0. The van der Waals surface area contributed by atoms with Gasteiger partial charge in [-0.15, -0.1) is 0 Å². The van der Waals surface area contributed by atoms with E-state index in [1.807, 2.05) is 63.2 Å². The molecule has 186 valence electrons. The molecule has 1 amide bonds. The number of benzene rings is 3. The smallest absolute Gasteiger partial charge is 0.407 e. The monoisotopic (exact) mass is 477 g/mol. The minimum atomic E-state index is -0.460. The third-order valence-electron chi connectivity index (χ3n) is 5.52. The highest BCUT2D eigenvalue weighted by Crippen LogP contribution is 2.38. The Kier molecular flexibility index (Phi) is 9.26. The van der Waals surface area contributed by atoms with Gasteiger partial charge >= 0.3 is 12.1 Å². The summed E-state index contributed by atoms with van der Waals surface area (Å²) in [5, 5.41) is 5.07. The topological polar surface area (TPSA) is 73.9 Å². The Morgan fingerprint density at radius 3 is 2.23 bits per heavy atom. The Hall–Kier alpha value is -3.38. The minimum Gasteiger partial charge on any atom is -0.464 e. The van der Waals surface area contributed by atoms with E-state index in [4.69, 9.17) is 14.2 Å². The predicted molar refractivity (Wildman–Crippen MR) is 137 cm³/mol. The molecule has 6 nitrogen and oxygen atoms in total. The van der Waals surface area contributed by atoms with E-state index in [2.05, 4.69) is 35.6 Å². The first-order valence-electron chi connectivity index (χ1n) is 12.0. The molecule has 3 aromatic rings. The Balaban J connectivity index is 1.90. The summed E-state index contributed by atoms with van der Waals surface area (Å²) in [5.41, 5.74) is 1.60. The van der Waals surface area contributed by atoms with E-state index < -0.39 is 18.2 Å². The van der Waals surface area contributed by atoms with Gasteiger partial charge in [0, 0.05) is 11.5 Å². The van der Waals surface area contributed by atoms with Crippen LogP contribution >= 0.6 is 0 Å². The molecule has 2 atom stereocenters. The van der Waals surface area contributed by atoms with Gasteiger partial charge in [-0.1, -0.05) is 72.8 Å². The van der Waals surface area contributed by atoms with Crippen molar-refractivity contribution in [2.75, 3.05) is 19.8 Å². The van der Waals surface area contributed by atoms with Gasteiger partial charge in [-0.3, -0.25) is 0 Å². The third kappa shape index (κ3) is 8.11. The van der Waals surface area contributed by atoms with Gasteiger partial charge in [-0.2, -0.15) is 0 Å². The van der Waals surface area contributed by atoms with E-state index in [0.29, 0.717) is 13.0 Å². The van der Waals surface area contributed by atoms with E-state index in [0.717, 1.165) is 21.9 Å². The Morgan fingerprint density at radius 1 is 0.857 bits per heavy atom. The first-order chi connectivity index (χ1) is 16.8. The van der Waals surface area contributed by atoms with Crippen LogP contribution in [0, 0.1) is 0 Å². The fraction of sp³-hybridized carbons (Fsp3) is 0.379. The molecule has 0 unspecified atom stereocenters. The van der Waals surface area contributed by atoms with Crippen molar-refractivity contribution >= 4 is 22.8 Å². The molecule has 0 aliphatic rings. The van der Waals surface area contributed by atoms with Gasteiger partial charge in [0.15, 0.2) is 0 Å². The molecule has 0 aliphatic carbocycles. The van der Waals surface area contributed by atoms with Crippen LogP contribution in [0.1, 0.15) is 57.3 Å². The number of hydrogen-bond acceptors (Lipinski definition) is 5. The highest BCUT2D eigenvalue weighted by Gasteiger charge is 2.28. The zero-order chi connectivity index (χ0) is 25.3. The second-order valence-corrected chi connectivity index (χ2v) is 9.46. The summed E-state index contributed by atoms with van der Waals surface area (Å²) in [6.45, 7) is 7.81. The number of esters is 1. The number of nitrogens with one attached hydrogen (secondary N) is 1. The first-order valence-corrected chi connectivity index (χ1v) is 12.0. The second-order valence-electron chi connectivity index (χ2n) is 9.46. The fourth-order valence-electron chi connectivity index (χ4n) is 4.00. The SMILES string of the molecule is CCOC(=O)CO[C@@H](c1ccccc1)[C@H](CCOC(=O)NC(C)(C)C)c1ccc2ccccc2c1. The summed E-state index contributed by atoms with van der Waals surface area (Å²) in [7, 11) is 0. The number of alkyl carbamates (subject to hydrolysis) is 1. The maximum Gasteiger partial charge on any atom is 0.407 e. The lowest BCUT2D eigenvalue weighted by atomic mass is 9.85. The molecular weight excluding hydrogens is 442 g/mol. The van der Waals surface area contributed by atoms with E-state index in [-0.39, 0.29) is 24.7 Å². The second kappa shape index (κ2) is 12.4. The van der Waals surface area contributed by atoms with Crippen LogP contribution in [0.3, 0.4) is 0 Å². The number of ether oxygens (including phenoxy) is 3. The zero-order valence-electron chi connectivity index (χ0n) is 21.0. The van der Waals surface area contributed by atoms with Gasteiger partial charge in [0.25, 0.3) is 0 Å². The van der Waals surface area contributed by atoms with Gasteiger partial charge in [-0.25, -0.2) is 9.59 Å². The van der Waals surface area contributed by atoms with E-state index in [1.165, 1.54) is 0 Å². The van der Waals surface area contributed by atoms with E-state index in [9.17, 15) is 9.59 Å². The predicted octanol–water partition coefficient (Wildman–Crippen LogP) is 6.16. The van der Waals surface area contributed by atoms with Gasteiger partial charge in [0.1, 0.15) is 6.61 Å². The fourth-order valence-corrected chi connectivity index (χ4v) is 4.00. The van der Waals surface area contributed by atoms with Crippen LogP contribution < -0.4 is 5.32 Å². The lowest BCUT2D eigenvalue weighted by molar-refractivity contribution is -0.151. The van der Waals surface area contributed by atoms with E-state index in [1.54, 1.807) is 6.92 Å². The van der Waals surface area contributed by atoms with Crippen molar-refractivity contribution in [3.05, 3.63) is 83.9 Å². The van der Waals surface area contributed by atoms with Crippen molar-refractivity contribution in [1.29, 1.82) is 0 Å². The number of carbonyl (C=O) groups excluding carboxylic acids is 2. The van der Waals surface area contributed by atoms with Crippen LogP contribution in [-0.2, 0) is 19.0 Å². The minimum absolute atomic E-state index is 0.164. The number of rotatable bonds is 10. The largest absolute Gasteiger partial charge is 0.464 e. The summed E-state index contributed by atoms with van der Waals surface area (Å²) in [4.78, 5) is 24.4. The third-order valence-corrected chi connectivity index (χ3v) is 5.52. The molecule has 6 heteroatoms. The van der Waals surface area contributed by atoms with Crippen molar-refractivity contribution < 1.29 is 23.8 Å². The van der Waals surface area contributed by atoms with Crippen LogP contribution in [0.2, 0.25) is 0 Å². The van der Waals surface area contributed by atoms with Gasteiger partial charge in [-0.05, 0) is 56.0 Å². The molecule has 0 aromatic heterocycles. The number of fused-ring (bicyclic) bond motifs is 1. The standard InChI is InChI=1S/C29H35NO5/c1-5-33-26(31)20-35-27(22-12-7-6-8-13-22)25(17-18-34-28(32)30-29(2,3)4)24-16-15-21-11-9-10-14-23(21)19-24/h6-16,19,25,27H,5,17-18,20H2,1-4H3,(H,30,32)/t25-,27+/m1/s1. The maximum atomic E-state index is 12.3. The molecule has 0 saturated heterocycles. The average molecular weight is 478 g/mol. The maximum absolute atomic E-state index is 12.3. The highest BCUT2D eigenvalue weighted by atomic mass is 16.6. The lowest BCUT2D eigenvalue weighted by Gasteiger charge is -2.28. The molecular formula is C29H35NO5. The van der Waals surface area contributed by atoms with Crippen LogP contribution in [0.25, 0.3) is 10.8 Å². The van der Waals surface area contributed by atoms with Crippen LogP contribution in [0.15, 0.2) is 72.8 Å². The molecule has 3 rings (SSSR count). The summed E-state index contributed by atoms with van der Waals surface area (Å²) in [5.74, 6) is -0.578. The summed E-state index contributed by atoms with van der Waals surface area (Å²) in [6.07, 6.45) is -0.382. The molecule has 0 heterocycles. The Bertz CT molecular complexity index is 1110. The first kappa shape index (κ1) is 26.2. The van der Waals surface area contributed by atoms with E-state index >= 15 is 0 Å². The number of carbonyl (C=O) groups is 2. The summed E-state index contributed by atoms with van der Waals surface area (Å²) < 4.78 is 16.8. The van der Waals surface area contributed by atoms with Crippen molar-refractivity contribution in [1.82, 2.24) is 5.32 Å². The van der Waals surface area contributed by atoms with Gasteiger partial charge < -0.3 is 19.5 Å². The summed E-state index contributed by atoms with van der Waals surface area (Å²) in [6, 6.07) is 24.2. The normalized spacial score (nSPS) is 13.1. The Labute approximate surface area is 207 Å².